The second kappa shape index (κ2) is 11.4. The van der Waals surface area contributed by atoms with Gasteiger partial charge in [-0.2, -0.15) is 11.8 Å². The van der Waals surface area contributed by atoms with Gasteiger partial charge in [0.2, 0.25) is 0 Å². The van der Waals surface area contributed by atoms with Crippen LogP contribution in [0.1, 0.15) is 46.0 Å². The number of unbranched alkanes of at least 4 members (excludes halogenated alkanes) is 3. The van der Waals surface area contributed by atoms with E-state index >= 15 is 0 Å². The average Bonchev–Trinajstić information content (AvgIpc) is 2.15. The van der Waals surface area contributed by atoms with Crippen LogP contribution in [0, 0.1) is 5.92 Å². The molecule has 14 heavy (non-hydrogen) atoms. The van der Waals surface area contributed by atoms with E-state index in [1.165, 1.54) is 50.9 Å². The summed E-state index contributed by atoms with van der Waals surface area (Å²) in [7, 11) is 0. The van der Waals surface area contributed by atoms with Crippen LogP contribution in [0.15, 0.2) is 0 Å². The molecule has 0 aliphatic rings. The largest absolute Gasteiger partial charge is 0.316 e. The minimum absolute atomic E-state index is 0.884. The fourth-order valence-electron chi connectivity index (χ4n) is 1.46. The lowest BCUT2D eigenvalue weighted by Gasteiger charge is -2.05. The van der Waals surface area contributed by atoms with E-state index in [2.05, 4.69) is 25.4 Å². The molecule has 86 valence electrons. The summed E-state index contributed by atoms with van der Waals surface area (Å²) in [4.78, 5) is 0. The Morgan fingerprint density at radius 2 is 1.71 bits per heavy atom. The van der Waals surface area contributed by atoms with E-state index in [9.17, 15) is 0 Å². The standard InChI is InChI=1S/C12H27NS/c1-12(2)8-6-4-5-7-9-13-10-11-14-3/h12-13H,4-11H2,1-3H3. The van der Waals surface area contributed by atoms with Crippen molar-refractivity contribution in [2.45, 2.75) is 46.0 Å². The monoisotopic (exact) mass is 217 g/mol. The van der Waals surface area contributed by atoms with Gasteiger partial charge in [0.05, 0.1) is 0 Å². The van der Waals surface area contributed by atoms with E-state index in [-0.39, 0.29) is 0 Å². The van der Waals surface area contributed by atoms with Crippen LogP contribution in [0.2, 0.25) is 0 Å². The molecule has 0 rings (SSSR count). The van der Waals surface area contributed by atoms with Gasteiger partial charge in [0.15, 0.2) is 0 Å². The van der Waals surface area contributed by atoms with Crippen LogP contribution in [-0.4, -0.2) is 25.1 Å². The van der Waals surface area contributed by atoms with Crippen LogP contribution >= 0.6 is 11.8 Å². The maximum atomic E-state index is 3.47. The Morgan fingerprint density at radius 3 is 2.36 bits per heavy atom. The van der Waals surface area contributed by atoms with Gasteiger partial charge in [-0.25, -0.2) is 0 Å². The molecule has 1 N–H and O–H groups in total. The fourth-order valence-corrected chi connectivity index (χ4v) is 1.80. The zero-order chi connectivity index (χ0) is 10.6. The predicted molar refractivity (Wildman–Crippen MR) is 69.2 cm³/mol. The van der Waals surface area contributed by atoms with Crippen molar-refractivity contribution in [3.63, 3.8) is 0 Å². The van der Waals surface area contributed by atoms with Crippen molar-refractivity contribution in [3.05, 3.63) is 0 Å². The summed E-state index contributed by atoms with van der Waals surface area (Å²) in [5.41, 5.74) is 0. The molecule has 0 unspecified atom stereocenters. The Hall–Kier alpha value is 0.310. The summed E-state index contributed by atoms with van der Waals surface area (Å²) in [6.07, 6.45) is 9.16. The van der Waals surface area contributed by atoms with Crippen LogP contribution in [-0.2, 0) is 0 Å². The first kappa shape index (κ1) is 14.3. The summed E-state index contributed by atoms with van der Waals surface area (Å²) in [6.45, 7) is 7.00. The van der Waals surface area contributed by atoms with Crippen LogP contribution in [0.4, 0.5) is 0 Å². The van der Waals surface area contributed by atoms with Crippen LogP contribution in [0.3, 0.4) is 0 Å². The second-order valence-electron chi connectivity index (χ2n) is 4.34. The van der Waals surface area contributed by atoms with E-state index in [4.69, 9.17) is 0 Å². The lowest BCUT2D eigenvalue weighted by molar-refractivity contribution is 0.514. The number of hydrogen-bond donors (Lipinski definition) is 1. The molecule has 0 aliphatic heterocycles. The Morgan fingerprint density at radius 1 is 1.00 bits per heavy atom. The minimum Gasteiger partial charge on any atom is -0.316 e. The number of nitrogens with one attached hydrogen (secondary N) is 1. The van der Waals surface area contributed by atoms with Crippen molar-refractivity contribution in [1.29, 1.82) is 0 Å². The Labute approximate surface area is 94.4 Å². The maximum Gasteiger partial charge on any atom is 0.00553 e. The van der Waals surface area contributed by atoms with Crippen molar-refractivity contribution >= 4 is 11.8 Å². The first-order chi connectivity index (χ1) is 6.77. The van der Waals surface area contributed by atoms with Crippen LogP contribution in [0.5, 0.6) is 0 Å². The predicted octanol–water partition coefficient (Wildman–Crippen LogP) is 3.55. The third-order valence-corrected chi connectivity index (χ3v) is 2.98. The quantitative estimate of drug-likeness (QED) is 0.562. The Kier molecular flexibility index (Phi) is 11.6. The molecular weight excluding hydrogens is 190 g/mol. The second-order valence-corrected chi connectivity index (χ2v) is 5.33. The summed E-state index contributed by atoms with van der Waals surface area (Å²) >= 11 is 1.91. The molecule has 1 nitrogen and oxygen atoms in total. The van der Waals surface area contributed by atoms with E-state index in [0.29, 0.717) is 0 Å². The molecule has 0 saturated carbocycles. The van der Waals surface area contributed by atoms with Crippen molar-refractivity contribution < 1.29 is 0 Å². The molecule has 0 radical (unpaired) electrons. The first-order valence-corrected chi connectivity index (χ1v) is 7.36. The smallest absolute Gasteiger partial charge is 0.00553 e. The van der Waals surface area contributed by atoms with Crippen molar-refractivity contribution in [3.8, 4) is 0 Å². The maximum absolute atomic E-state index is 3.47. The van der Waals surface area contributed by atoms with Gasteiger partial charge in [-0.1, -0.05) is 39.5 Å². The summed E-state index contributed by atoms with van der Waals surface area (Å²) < 4.78 is 0. The summed E-state index contributed by atoms with van der Waals surface area (Å²) in [5.74, 6) is 2.13. The highest BCUT2D eigenvalue weighted by molar-refractivity contribution is 7.98. The lowest BCUT2D eigenvalue weighted by Crippen LogP contribution is -2.18. The number of rotatable bonds is 10. The molecule has 0 heterocycles. The van der Waals surface area contributed by atoms with E-state index in [0.717, 1.165) is 5.92 Å². The summed E-state index contributed by atoms with van der Waals surface area (Å²) in [6, 6.07) is 0. The third kappa shape index (κ3) is 12.3. The molecule has 0 amide bonds. The Balaban J connectivity index is 2.85. The average molecular weight is 217 g/mol. The van der Waals surface area contributed by atoms with E-state index in [1.807, 2.05) is 11.8 Å². The van der Waals surface area contributed by atoms with Gasteiger partial charge in [-0.3, -0.25) is 0 Å². The molecular formula is C12H27NS. The number of thioether (sulfide) groups is 1. The molecule has 0 aromatic carbocycles. The van der Waals surface area contributed by atoms with Crippen molar-refractivity contribution in [2.24, 2.45) is 5.92 Å². The molecule has 0 aromatic heterocycles. The zero-order valence-corrected chi connectivity index (χ0v) is 11.0. The molecule has 2 heteroatoms. The van der Waals surface area contributed by atoms with Crippen molar-refractivity contribution in [1.82, 2.24) is 5.32 Å². The minimum atomic E-state index is 0.884. The van der Waals surface area contributed by atoms with E-state index < -0.39 is 0 Å². The van der Waals surface area contributed by atoms with Crippen LogP contribution < -0.4 is 5.32 Å². The van der Waals surface area contributed by atoms with Gasteiger partial charge in [-0.05, 0) is 25.1 Å². The van der Waals surface area contributed by atoms with Gasteiger partial charge in [0, 0.05) is 12.3 Å². The lowest BCUT2D eigenvalue weighted by atomic mass is 10.0. The molecule has 0 aliphatic carbocycles. The first-order valence-electron chi connectivity index (χ1n) is 5.97. The third-order valence-electron chi connectivity index (χ3n) is 2.37. The highest BCUT2D eigenvalue weighted by atomic mass is 32.2. The van der Waals surface area contributed by atoms with Gasteiger partial charge in [0.25, 0.3) is 0 Å². The molecule has 0 fully saturated rings. The molecule has 0 atom stereocenters. The summed E-state index contributed by atoms with van der Waals surface area (Å²) in [5, 5.41) is 3.47. The Bertz CT molecular complexity index is 104. The number of hydrogen-bond acceptors (Lipinski definition) is 2. The fraction of sp³-hybridized carbons (Fsp3) is 1.00. The molecule has 0 aromatic rings. The molecule has 0 bridgehead atoms. The van der Waals surface area contributed by atoms with Crippen molar-refractivity contribution in [2.75, 3.05) is 25.1 Å². The highest BCUT2D eigenvalue weighted by Gasteiger charge is 1.94. The molecule has 0 spiro atoms. The van der Waals surface area contributed by atoms with Gasteiger partial charge in [0.1, 0.15) is 0 Å². The topological polar surface area (TPSA) is 12.0 Å². The SMILES string of the molecule is CSCCNCCCCCCC(C)C. The highest BCUT2D eigenvalue weighted by Crippen LogP contribution is 2.08. The van der Waals surface area contributed by atoms with Crippen LogP contribution in [0.25, 0.3) is 0 Å². The van der Waals surface area contributed by atoms with E-state index in [1.54, 1.807) is 0 Å². The van der Waals surface area contributed by atoms with Gasteiger partial charge in [-0.15, -0.1) is 0 Å². The zero-order valence-electron chi connectivity index (χ0n) is 10.1. The molecule has 0 saturated heterocycles. The van der Waals surface area contributed by atoms with Gasteiger partial charge >= 0.3 is 0 Å². The van der Waals surface area contributed by atoms with Gasteiger partial charge < -0.3 is 5.32 Å². The normalized spacial score (nSPS) is 11.1.